The van der Waals surface area contributed by atoms with E-state index in [1.807, 2.05) is 24.3 Å². The van der Waals surface area contributed by atoms with Crippen molar-refractivity contribution in [3.63, 3.8) is 0 Å². The van der Waals surface area contributed by atoms with Crippen molar-refractivity contribution in [2.75, 3.05) is 11.9 Å². The van der Waals surface area contributed by atoms with Crippen LogP contribution in [0.3, 0.4) is 0 Å². The lowest BCUT2D eigenvalue weighted by Crippen LogP contribution is -2.42. The fraction of sp³-hybridized carbons (Fsp3) is 0.261. The molecule has 1 aliphatic rings. The molecule has 2 amide bonds. The van der Waals surface area contributed by atoms with Crippen LogP contribution in [0.4, 0.5) is 14.9 Å². The first-order valence-electron chi connectivity index (χ1n) is 10.0. The van der Waals surface area contributed by atoms with Crippen molar-refractivity contribution < 1.29 is 9.18 Å². The van der Waals surface area contributed by atoms with Crippen LogP contribution in [-0.2, 0) is 25.8 Å². The number of rotatable bonds is 4. The second-order valence-corrected chi connectivity index (χ2v) is 7.40. The number of aromatic amines is 1. The first kappa shape index (κ1) is 19.8. The molecular formula is C23H23FN4O2. The quantitative estimate of drug-likeness (QED) is 0.694. The number of amides is 2. The van der Waals surface area contributed by atoms with E-state index in [1.165, 1.54) is 12.1 Å². The molecule has 1 aliphatic heterocycles. The second-order valence-electron chi connectivity index (χ2n) is 7.40. The third-order valence-corrected chi connectivity index (χ3v) is 5.25. The molecule has 2 heterocycles. The van der Waals surface area contributed by atoms with Gasteiger partial charge in [0.1, 0.15) is 11.6 Å². The lowest BCUT2D eigenvalue weighted by atomic mass is 10.1. The minimum Gasteiger partial charge on any atom is -0.320 e. The lowest BCUT2D eigenvalue weighted by molar-refractivity contribution is 0.205. The third-order valence-electron chi connectivity index (χ3n) is 5.25. The molecule has 0 spiro atoms. The Labute approximate surface area is 173 Å². The number of urea groups is 1. The number of nitrogens with one attached hydrogen (secondary N) is 2. The zero-order valence-corrected chi connectivity index (χ0v) is 16.7. The van der Waals surface area contributed by atoms with E-state index in [2.05, 4.69) is 22.2 Å². The summed E-state index contributed by atoms with van der Waals surface area (Å²) in [6, 6.07) is 13.7. The monoisotopic (exact) mass is 406 g/mol. The summed E-state index contributed by atoms with van der Waals surface area (Å²) in [6.45, 7) is 2.74. The maximum absolute atomic E-state index is 13.4. The summed E-state index contributed by atoms with van der Waals surface area (Å²) in [5.74, 6) is 0.178. The van der Waals surface area contributed by atoms with E-state index in [4.69, 9.17) is 0 Å². The fourth-order valence-electron chi connectivity index (χ4n) is 3.65. The molecule has 2 N–H and O–H groups in total. The Morgan fingerprint density at radius 2 is 2.00 bits per heavy atom. The number of H-pyrrole nitrogens is 1. The van der Waals surface area contributed by atoms with Crippen LogP contribution in [0.5, 0.6) is 0 Å². The third kappa shape index (κ3) is 4.40. The van der Waals surface area contributed by atoms with Gasteiger partial charge in [-0.3, -0.25) is 4.79 Å². The lowest BCUT2D eigenvalue weighted by Gasteiger charge is -2.28. The number of aromatic nitrogens is 2. The number of hydrogen-bond acceptors (Lipinski definition) is 3. The largest absolute Gasteiger partial charge is 0.322 e. The smallest absolute Gasteiger partial charge is 0.320 e. The Hall–Kier alpha value is -3.48. The maximum Gasteiger partial charge on any atom is 0.322 e. The summed E-state index contributed by atoms with van der Waals surface area (Å²) in [5.41, 5.74) is 3.57. The maximum atomic E-state index is 13.4. The number of aryl methyl sites for hydroxylation is 1. The molecule has 0 saturated heterocycles. The highest BCUT2D eigenvalue weighted by Gasteiger charge is 2.24. The van der Waals surface area contributed by atoms with E-state index in [-0.39, 0.29) is 24.0 Å². The Balaban J connectivity index is 1.48. The molecule has 0 fully saturated rings. The van der Waals surface area contributed by atoms with Crippen LogP contribution in [0.1, 0.15) is 35.1 Å². The van der Waals surface area contributed by atoms with Gasteiger partial charge in [-0.05, 0) is 41.8 Å². The van der Waals surface area contributed by atoms with Crippen molar-refractivity contribution in [3.05, 3.63) is 92.9 Å². The van der Waals surface area contributed by atoms with Gasteiger partial charge in [-0.2, -0.15) is 0 Å². The van der Waals surface area contributed by atoms with Gasteiger partial charge in [-0.25, -0.2) is 14.2 Å². The van der Waals surface area contributed by atoms with Crippen LogP contribution >= 0.6 is 0 Å². The molecule has 0 atom stereocenters. The van der Waals surface area contributed by atoms with Crippen LogP contribution in [0, 0.1) is 5.82 Å². The molecule has 0 bridgehead atoms. The number of nitrogens with zero attached hydrogens (tertiary/aromatic N) is 2. The summed E-state index contributed by atoms with van der Waals surface area (Å²) < 4.78 is 13.4. The highest BCUT2D eigenvalue weighted by molar-refractivity contribution is 5.89. The number of halogens is 1. The van der Waals surface area contributed by atoms with Crippen molar-refractivity contribution >= 4 is 11.7 Å². The van der Waals surface area contributed by atoms with Crippen molar-refractivity contribution in [2.24, 2.45) is 0 Å². The van der Waals surface area contributed by atoms with Crippen molar-refractivity contribution in [3.8, 4) is 0 Å². The highest BCUT2D eigenvalue weighted by Crippen LogP contribution is 2.17. The van der Waals surface area contributed by atoms with Crippen LogP contribution in [0.15, 0.2) is 53.3 Å². The van der Waals surface area contributed by atoms with Crippen LogP contribution < -0.4 is 10.9 Å². The fourth-order valence-corrected chi connectivity index (χ4v) is 3.65. The summed E-state index contributed by atoms with van der Waals surface area (Å²) in [7, 11) is 0. The van der Waals surface area contributed by atoms with Gasteiger partial charge < -0.3 is 15.2 Å². The van der Waals surface area contributed by atoms with E-state index in [0.717, 1.165) is 23.2 Å². The molecule has 0 radical (unpaired) electrons. The Kier molecular flexibility index (Phi) is 5.61. The van der Waals surface area contributed by atoms with Gasteiger partial charge in [-0.15, -0.1) is 0 Å². The highest BCUT2D eigenvalue weighted by atomic mass is 19.1. The molecule has 0 saturated carbocycles. The van der Waals surface area contributed by atoms with Gasteiger partial charge in [0.15, 0.2) is 0 Å². The van der Waals surface area contributed by atoms with Crippen molar-refractivity contribution in [1.82, 2.24) is 14.9 Å². The number of carbonyl (C=O) groups excluding carboxylic acids is 1. The molecule has 0 unspecified atom stereocenters. The second kappa shape index (κ2) is 8.49. The summed E-state index contributed by atoms with van der Waals surface area (Å²) in [5, 5.41) is 2.90. The van der Waals surface area contributed by atoms with Gasteiger partial charge in [0.25, 0.3) is 5.56 Å². The van der Waals surface area contributed by atoms with Gasteiger partial charge in [0.05, 0.1) is 17.8 Å². The van der Waals surface area contributed by atoms with Crippen LogP contribution in [0.2, 0.25) is 0 Å². The zero-order valence-electron chi connectivity index (χ0n) is 16.7. The van der Waals surface area contributed by atoms with Crippen molar-refractivity contribution in [2.45, 2.75) is 32.7 Å². The SMILES string of the molecule is CCc1cccc(NC(=O)N2CCc3nc(Cc4cccc(F)c4)[nH]c(=O)c3C2)c1. The average molecular weight is 406 g/mol. The molecule has 3 aromatic rings. The molecule has 4 rings (SSSR count). The standard InChI is InChI=1S/C23H23FN4O2/c1-2-15-5-4-8-18(12-15)25-23(30)28-10-9-20-19(14-28)22(29)27-21(26-20)13-16-6-3-7-17(24)11-16/h3-8,11-12H,2,9-10,13-14H2,1H3,(H,25,30)(H,26,27,29). The van der Waals surface area contributed by atoms with Gasteiger partial charge in [0, 0.05) is 25.1 Å². The molecule has 30 heavy (non-hydrogen) atoms. The zero-order chi connectivity index (χ0) is 21.1. The van der Waals surface area contributed by atoms with E-state index in [9.17, 15) is 14.0 Å². The van der Waals surface area contributed by atoms with E-state index in [1.54, 1.807) is 17.0 Å². The van der Waals surface area contributed by atoms with Crippen molar-refractivity contribution in [1.29, 1.82) is 0 Å². The molecular weight excluding hydrogens is 383 g/mol. The predicted molar refractivity (Wildman–Crippen MR) is 113 cm³/mol. The number of benzene rings is 2. The first-order chi connectivity index (χ1) is 14.5. The molecule has 7 heteroatoms. The number of carbonyl (C=O) groups is 1. The molecule has 6 nitrogen and oxygen atoms in total. The Morgan fingerprint density at radius 3 is 2.80 bits per heavy atom. The van der Waals surface area contributed by atoms with E-state index >= 15 is 0 Å². The summed E-state index contributed by atoms with van der Waals surface area (Å²) in [4.78, 5) is 34.3. The Bertz CT molecular complexity index is 1140. The minimum atomic E-state index is -0.320. The summed E-state index contributed by atoms with van der Waals surface area (Å²) in [6.07, 6.45) is 1.73. The van der Waals surface area contributed by atoms with Gasteiger partial charge >= 0.3 is 6.03 Å². The number of fused-ring (bicyclic) bond motifs is 1. The predicted octanol–water partition coefficient (Wildman–Crippen LogP) is 3.65. The molecule has 154 valence electrons. The normalized spacial score (nSPS) is 13.1. The average Bonchev–Trinajstić information content (AvgIpc) is 2.73. The van der Waals surface area contributed by atoms with E-state index < -0.39 is 0 Å². The molecule has 1 aromatic heterocycles. The minimum absolute atomic E-state index is 0.206. The topological polar surface area (TPSA) is 78.1 Å². The number of anilines is 1. The number of hydrogen-bond donors (Lipinski definition) is 2. The summed E-state index contributed by atoms with van der Waals surface area (Å²) >= 11 is 0. The van der Waals surface area contributed by atoms with E-state index in [0.29, 0.717) is 36.5 Å². The molecule has 2 aromatic carbocycles. The van der Waals surface area contributed by atoms with Crippen LogP contribution in [0.25, 0.3) is 0 Å². The Morgan fingerprint density at radius 1 is 1.20 bits per heavy atom. The first-order valence-corrected chi connectivity index (χ1v) is 10.0. The van der Waals surface area contributed by atoms with Gasteiger partial charge in [0.2, 0.25) is 0 Å². The van der Waals surface area contributed by atoms with Gasteiger partial charge in [-0.1, -0.05) is 31.2 Å². The van der Waals surface area contributed by atoms with Crippen LogP contribution in [-0.4, -0.2) is 27.4 Å². The molecule has 0 aliphatic carbocycles.